The van der Waals surface area contributed by atoms with E-state index in [1.807, 2.05) is 0 Å². The fourth-order valence-electron chi connectivity index (χ4n) is 1.33. The lowest BCUT2D eigenvalue weighted by Gasteiger charge is -2.17. The third kappa shape index (κ3) is 5.22. The lowest BCUT2D eigenvalue weighted by molar-refractivity contribution is 0.405. The smallest absolute Gasteiger partial charge is 0.00393 e. The minimum atomic E-state index is 0.357. The molecule has 0 rings (SSSR count). The number of nitrogens with two attached hydrogens (primary N) is 2. The molecule has 0 amide bonds. The van der Waals surface area contributed by atoms with Crippen LogP contribution in [0.1, 0.15) is 39.5 Å². The van der Waals surface area contributed by atoms with Crippen molar-refractivity contribution < 1.29 is 0 Å². The Kier molecular flexibility index (Phi) is 6.57. The summed E-state index contributed by atoms with van der Waals surface area (Å²) in [6.07, 6.45) is 4.61. The molecular weight excluding hydrogens is 136 g/mol. The molecule has 0 bridgehead atoms. The van der Waals surface area contributed by atoms with Gasteiger partial charge in [-0.25, -0.2) is 0 Å². The van der Waals surface area contributed by atoms with Crippen LogP contribution in [0.4, 0.5) is 0 Å². The van der Waals surface area contributed by atoms with Crippen molar-refractivity contribution in [2.24, 2.45) is 17.4 Å². The van der Waals surface area contributed by atoms with E-state index in [1.165, 1.54) is 12.8 Å². The molecule has 0 radical (unpaired) electrons. The van der Waals surface area contributed by atoms with Crippen LogP contribution in [0.5, 0.6) is 0 Å². The van der Waals surface area contributed by atoms with Crippen molar-refractivity contribution in [2.75, 3.05) is 6.54 Å². The predicted octanol–water partition coefficient (Wildman–Crippen LogP) is 1.49. The van der Waals surface area contributed by atoms with Gasteiger partial charge in [0.25, 0.3) is 0 Å². The SMILES string of the molecule is CCCC(CN)CC(N)CC. The zero-order valence-corrected chi connectivity index (χ0v) is 7.84. The van der Waals surface area contributed by atoms with E-state index in [9.17, 15) is 0 Å². The van der Waals surface area contributed by atoms with Gasteiger partial charge in [-0.05, 0) is 31.7 Å². The van der Waals surface area contributed by atoms with Crippen LogP contribution >= 0.6 is 0 Å². The molecule has 0 aromatic carbocycles. The molecule has 0 aromatic rings. The predicted molar refractivity (Wildman–Crippen MR) is 50.3 cm³/mol. The minimum Gasteiger partial charge on any atom is -0.330 e. The Morgan fingerprint density at radius 1 is 1.27 bits per heavy atom. The molecule has 0 saturated carbocycles. The highest BCUT2D eigenvalue weighted by molar-refractivity contribution is 4.67. The Balaban J connectivity index is 3.49. The molecule has 0 aliphatic carbocycles. The average Bonchev–Trinajstić information content (AvgIpc) is 2.03. The van der Waals surface area contributed by atoms with Crippen molar-refractivity contribution in [1.82, 2.24) is 0 Å². The standard InChI is InChI=1S/C9H22N2/c1-3-5-8(7-10)6-9(11)4-2/h8-9H,3-7,10-11H2,1-2H3. The molecule has 11 heavy (non-hydrogen) atoms. The van der Waals surface area contributed by atoms with Crippen molar-refractivity contribution in [2.45, 2.75) is 45.6 Å². The Bertz CT molecular complexity index is 83.6. The van der Waals surface area contributed by atoms with Crippen molar-refractivity contribution in [3.05, 3.63) is 0 Å². The van der Waals surface area contributed by atoms with Gasteiger partial charge in [0.05, 0.1) is 0 Å². The van der Waals surface area contributed by atoms with Crippen LogP contribution in [0.3, 0.4) is 0 Å². The monoisotopic (exact) mass is 158 g/mol. The third-order valence-electron chi connectivity index (χ3n) is 2.19. The quantitative estimate of drug-likeness (QED) is 0.615. The van der Waals surface area contributed by atoms with Crippen LogP contribution in [-0.4, -0.2) is 12.6 Å². The number of hydrogen-bond acceptors (Lipinski definition) is 2. The van der Waals surface area contributed by atoms with Crippen molar-refractivity contribution in [1.29, 1.82) is 0 Å². The first kappa shape index (κ1) is 10.9. The summed E-state index contributed by atoms with van der Waals surface area (Å²) in [4.78, 5) is 0. The molecule has 2 unspecified atom stereocenters. The first-order valence-electron chi connectivity index (χ1n) is 4.70. The molecule has 4 N–H and O–H groups in total. The van der Waals surface area contributed by atoms with Crippen LogP contribution in [0.2, 0.25) is 0 Å². The van der Waals surface area contributed by atoms with E-state index >= 15 is 0 Å². The van der Waals surface area contributed by atoms with Gasteiger partial charge in [0.15, 0.2) is 0 Å². The maximum absolute atomic E-state index is 5.82. The maximum Gasteiger partial charge on any atom is 0.00393 e. The molecular formula is C9H22N2. The second kappa shape index (κ2) is 6.62. The lowest BCUT2D eigenvalue weighted by Crippen LogP contribution is -2.26. The van der Waals surface area contributed by atoms with Crippen LogP contribution in [0.15, 0.2) is 0 Å². The largest absolute Gasteiger partial charge is 0.330 e. The van der Waals surface area contributed by atoms with Crippen molar-refractivity contribution in [3.8, 4) is 0 Å². The fourth-order valence-corrected chi connectivity index (χ4v) is 1.33. The molecule has 2 nitrogen and oxygen atoms in total. The summed E-state index contributed by atoms with van der Waals surface area (Å²) in [7, 11) is 0. The highest BCUT2D eigenvalue weighted by atomic mass is 14.6. The van der Waals surface area contributed by atoms with Crippen molar-refractivity contribution >= 4 is 0 Å². The van der Waals surface area contributed by atoms with E-state index in [0.717, 1.165) is 19.4 Å². The number of rotatable bonds is 6. The van der Waals surface area contributed by atoms with Crippen LogP contribution in [0.25, 0.3) is 0 Å². The molecule has 0 aliphatic heterocycles. The van der Waals surface area contributed by atoms with Crippen molar-refractivity contribution in [3.63, 3.8) is 0 Å². The average molecular weight is 158 g/mol. The molecule has 0 aromatic heterocycles. The first-order valence-corrected chi connectivity index (χ1v) is 4.70. The zero-order chi connectivity index (χ0) is 8.69. The van der Waals surface area contributed by atoms with E-state index in [0.29, 0.717) is 12.0 Å². The summed E-state index contributed by atoms with van der Waals surface area (Å²) in [5.41, 5.74) is 11.4. The maximum atomic E-state index is 5.82. The van der Waals surface area contributed by atoms with Gasteiger partial charge in [-0.15, -0.1) is 0 Å². The van der Waals surface area contributed by atoms with Crippen LogP contribution < -0.4 is 11.5 Å². The van der Waals surface area contributed by atoms with E-state index in [1.54, 1.807) is 0 Å². The summed E-state index contributed by atoms with van der Waals surface area (Å²) >= 11 is 0. The Hall–Kier alpha value is -0.0800. The Morgan fingerprint density at radius 3 is 2.27 bits per heavy atom. The molecule has 0 fully saturated rings. The number of hydrogen-bond donors (Lipinski definition) is 2. The Morgan fingerprint density at radius 2 is 1.91 bits per heavy atom. The zero-order valence-electron chi connectivity index (χ0n) is 7.84. The van der Waals surface area contributed by atoms with E-state index < -0.39 is 0 Å². The van der Waals surface area contributed by atoms with E-state index in [4.69, 9.17) is 11.5 Å². The molecule has 2 heteroatoms. The van der Waals surface area contributed by atoms with Gasteiger partial charge in [0.1, 0.15) is 0 Å². The summed E-state index contributed by atoms with van der Waals surface area (Å²) in [5.74, 6) is 0.648. The fraction of sp³-hybridized carbons (Fsp3) is 1.00. The normalized spacial score (nSPS) is 16.4. The minimum absolute atomic E-state index is 0.357. The first-order chi connectivity index (χ1) is 5.24. The summed E-state index contributed by atoms with van der Waals surface area (Å²) < 4.78 is 0. The summed E-state index contributed by atoms with van der Waals surface area (Å²) in [6, 6.07) is 0.357. The lowest BCUT2D eigenvalue weighted by atomic mass is 9.95. The molecule has 2 atom stereocenters. The molecule has 0 saturated heterocycles. The summed E-state index contributed by atoms with van der Waals surface area (Å²) in [6.45, 7) is 5.12. The highest BCUT2D eigenvalue weighted by Gasteiger charge is 2.09. The van der Waals surface area contributed by atoms with E-state index in [2.05, 4.69) is 13.8 Å². The van der Waals surface area contributed by atoms with Crippen LogP contribution in [0, 0.1) is 5.92 Å². The van der Waals surface area contributed by atoms with Gasteiger partial charge < -0.3 is 11.5 Å². The van der Waals surface area contributed by atoms with Gasteiger partial charge in [-0.3, -0.25) is 0 Å². The van der Waals surface area contributed by atoms with Gasteiger partial charge in [0, 0.05) is 6.04 Å². The molecule has 68 valence electrons. The van der Waals surface area contributed by atoms with Gasteiger partial charge in [-0.2, -0.15) is 0 Å². The molecule has 0 aliphatic rings. The topological polar surface area (TPSA) is 52.0 Å². The molecule has 0 heterocycles. The Labute approximate surface area is 70.3 Å². The highest BCUT2D eigenvalue weighted by Crippen LogP contribution is 2.12. The second-order valence-electron chi connectivity index (χ2n) is 3.29. The van der Waals surface area contributed by atoms with E-state index in [-0.39, 0.29) is 0 Å². The van der Waals surface area contributed by atoms with Gasteiger partial charge in [-0.1, -0.05) is 20.3 Å². The van der Waals surface area contributed by atoms with Crippen LogP contribution in [-0.2, 0) is 0 Å². The third-order valence-corrected chi connectivity index (χ3v) is 2.19. The second-order valence-corrected chi connectivity index (χ2v) is 3.29. The molecule has 0 spiro atoms. The summed E-state index contributed by atoms with van der Waals surface area (Å²) in [5, 5.41) is 0. The van der Waals surface area contributed by atoms with Gasteiger partial charge >= 0.3 is 0 Å². The van der Waals surface area contributed by atoms with Gasteiger partial charge in [0.2, 0.25) is 0 Å².